The number of hydrogen-bond acceptors (Lipinski definition) is 1. The molecule has 0 aromatic heterocycles. The molecule has 2 rings (SSSR count). The van der Waals surface area contributed by atoms with Gasteiger partial charge in [0.1, 0.15) is 0 Å². The van der Waals surface area contributed by atoms with Gasteiger partial charge in [-0.05, 0) is 25.3 Å². The molecule has 0 saturated carbocycles. The first-order valence-corrected chi connectivity index (χ1v) is 6.14. The summed E-state index contributed by atoms with van der Waals surface area (Å²) in [4.78, 5) is 2.52. The van der Waals surface area contributed by atoms with Gasteiger partial charge in [0.2, 0.25) is 0 Å². The molecule has 1 fully saturated rings. The van der Waals surface area contributed by atoms with E-state index >= 15 is 0 Å². The topological polar surface area (TPSA) is 3.24 Å². The molecule has 0 bridgehead atoms. The molecule has 82 valence electrons. The summed E-state index contributed by atoms with van der Waals surface area (Å²) in [5.74, 6) is 0. The average Bonchev–Trinajstić information content (AvgIpc) is 2.30. The molecule has 1 aromatic rings. The van der Waals surface area contributed by atoms with E-state index in [1.165, 1.54) is 5.56 Å². The van der Waals surface area contributed by atoms with E-state index in [-0.39, 0.29) is 0 Å². The first-order valence-electron chi connectivity index (χ1n) is 5.70. The predicted molar refractivity (Wildman–Crippen MR) is 65.3 cm³/mol. The van der Waals surface area contributed by atoms with Gasteiger partial charge in [0.15, 0.2) is 0 Å². The van der Waals surface area contributed by atoms with Crippen molar-refractivity contribution in [1.82, 2.24) is 4.90 Å². The fourth-order valence-corrected chi connectivity index (χ4v) is 2.39. The highest BCUT2D eigenvalue weighted by Crippen LogP contribution is 2.25. The molecule has 1 aliphatic rings. The van der Waals surface area contributed by atoms with Gasteiger partial charge in [0.25, 0.3) is 0 Å². The van der Waals surface area contributed by atoms with Gasteiger partial charge in [0, 0.05) is 24.5 Å². The zero-order valence-electron chi connectivity index (χ0n) is 9.20. The fraction of sp³-hybridized carbons (Fsp3) is 0.538. The molecule has 0 radical (unpaired) electrons. The van der Waals surface area contributed by atoms with Crippen molar-refractivity contribution >= 4 is 11.6 Å². The Morgan fingerprint density at radius 2 is 1.80 bits per heavy atom. The largest absolute Gasteiger partial charge is 0.297 e. The number of halogens is 1. The molecule has 1 atom stereocenters. The summed E-state index contributed by atoms with van der Waals surface area (Å²) in [6, 6.07) is 11.2. The lowest BCUT2D eigenvalue weighted by molar-refractivity contribution is 0.177. The lowest BCUT2D eigenvalue weighted by atomic mass is 10.0. The van der Waals surface area contributed by atoms with Crippen molar-refractivity contribution in [2.75, 3.05) is 13.1 Å². The molecule has 1 unspecified atom stereocenters. The van der Waals surface area contributed by atoms with Gasteiger partial charge in [0.05, 0.1) is 0 Å². The first kappa shape index (κ1) is 11.0. The van der Waals surface area contributed by atoms with Crippen LogP contribution in [0, 0.1) is 0 Å². The Kier molecular flexibility index (Phi) is 3.66. The lowest BCUT2D eigenvalue weighted by Crippen LogP contribution is -2.35. The summed E-state index contributed by atoms with van der Waals surface area (Å²) in [5, 5.41) is 0.393. The molecule has 15 heavy (non-hydrogen) atoms. The maximum atomic E-state index is 6.11. The minimum absolute atomic E-state index is 0.393. The highest BCUT2D eigenvalue weighted by atomic mass is 35.5. The van der Waals surface area contributed by atoms with Crippen LogP contribution in [0.15, 0.2) is 30.3 Å². The third kappa shape index (κ3) is 2.73. The average molecular weight is 224 g/mol. The molecule has 2 heteroatoms. The smallest absolute Gasteiger partial charge is 0.0360 e. The zero-order valence-corrected chi connectivity index (χ0v) is 9.95. The van der Waals surface area contributed by atoms with Crippen LogP contribution in [0.1, 0.15) is 31.4 Å². The molecule has 1 saturated heterocycles. The van der Waals surface area contributed by atoms with E-state index < -0.39 is 0 Å². The van der Waals surface area contributed by atoms with Crippen LogP contribution in [-0.2, 0) is 0 Å². The molecule has 0 N–H and O–H groups in total. The summed E-state index contributed by atoms with van der Waals surface area (Å²) < 4.78 is 0. The van der Waals surface area contributed by atoms with Crippen LogP contribution < -0.4 is 0 Å². The van der Waals surface area contributed by atoms with Crippen molar-refractivity contribution in [2.45, 2.75) is 31.2 Å². The van der Waals surface area contributed by atoms with Crippen molar-refractivity contribution in [3.05, 3.63) is 35.9 Å². The second-order valence-electron chi connectivity index (χ2n) is 4.30. The van der Waals surface area contributed by atoms with Crippen LogP contribution in [0.4, 0.5) is 0 Å². The summed E-state index contributed by atoms with van der Waals surface area (Å²) in [7, 11) is 0. The zero-order chi connectivity index (χ0) is 10.7. The van der Waals surface area contributed by atoms with Crippen LogP contribution in [0.3, 0.4) is 0 Å². The molecule has 0 aliphatic carbocycles. The molecular formula is C13H18ClN. The highest BCUT2D eigenvalue weighted by Gasteiger charge is 2.21. The number of likely N-dealkylation sites (tertiary alicyclic amines) is 1. The van der Waals surface area contributed by atoms with Crippen molar-refractivity contribution in [3.63, 3.8) is 0 Å². The summed E-state index contributed by atoms with van der Waals surface area (Å²) in [6.45, 7) is 4.54. The predicted octanol–water partition coefficient (Wildman–Crippen LogP) is 3.45. The van der Waals surface area contributed by atoms with E-state index in [0.29, 0.717) is 11.4 Å². The van der Waals surface area contributed by atoms with Crippen molar-refractivity contribution in [2.24, 2.45) is 0 Å². The van der Waals surface area contributed by atoms with Crippen LogP contribution in [0.5, 0.6) is 0 Å². The van der Waals surface area contributed by atoms with Crippen LogP contribution in [0.2, 0.25) is 0 Å². The van der Waals surface area contributed by atoms with Gasteiger partial charge in [-0.15, -0.1) is 11.6 Å². The molecule has 1 nitrogen and oxygen atoms in total. The summed E-state index contributed by atoms with van der Waals surface area (Å²) >= 11 is 6.11. The molecule has 0 spiro atoms. The van der Waals surface area contributed by atoms with Crippen molar-refractivity contribution in [1.29, 1.82) is 0 Å². The Balaban J connectivity index is 1.99. The van der Waals surface area contributed by atoms with Crippen molar-refractivity contribution < 1.29 is 0 Å². The van der Waals surface area contributed by atoms with E-state index in [4.69, 9.17) is 11.6 Å². The third-order valence-electron chi connectivity index (χ3n) is 3.29. The second-order valence-corrected chi connectivity index (χ2v) is 4.91. The van der Waals surface area contributed by atoms with Crippen LogP contribution >= 0.6 is 11.6 Å². The van der Waals surface area contributed by atoms with Gasteiger partial charge < -0.3 is 0 Å². The number of piperidine rings is 1. The van der Waals surface area contributed by atoms with Gasteiger partial charge >= 0.3 is 0 Å². The van der Waals surface area contributed by atoms with E-state index in [9.17, 15) is 0 Å². The highest BCUT2D eigenvalue weighted by molar-refractivity contribution is 6.20. The van der Waals surface area contributed by atoms with Crippen LogP contribution in [-0.4, -0.2) is 23.4 Å². The quantitative estimate of drug-likeness (QED) is 0.695. The molecular weight excluding hydrogens is 206 g/mol. The number of rotatable bonds is 2. The Hall–Kier alpha value is -0.530. The van der Waals surface area contributed by atoms with Gasteiger partial charge in [-0.2, -0.15) is 0 Å². The van der Waals surface area contributed by atoms with E-state index in [1.807, 2.05) is 0 Å². The molecule has 0 amide bonds. The normalized spacial score (nSPS) is 21.5. The number of hydrogen-bond donors (Lipinski definition) is 0. The van der Waals surface area contributed by atoms with Gasteiger partial charge in [-0.1, -0.05) is 30.3 Å². The maximum Gasteiger partial charge on any atom is 0.0360 e. The van der Waals surface area contributed by atoms with E-state index in [2.05, 4.69) is 42.2 Å². The Morgan fingerprint density at radius 3 is 2.40 bits per heavy atom. The summed E-state index contributed by atoms with van der Waals surface area (Å²) in [5.41, 5.74) is 1.41. The second kappa shape index (κ2) is 5.00. The number of alkyl halides is 1. The van der Waals surface area contributed by atoms with Gasteiger partial charge in [-0.25, -0.2) is 0 Å². The first-order chi connectivity index (χ1) is 7.27. The minimum atomic E-state index is 0.393. The van der Waals surface area contributed by atoms with E-state index in [1.54, 1.807) is 0 Å². The molecule has 1 heterocycles. The van der Waals surface area contributed by atoms with Crippen molar-refractivity contribution in [3.8, 4) is 0 Å². The van der Waals surface area contributed by atoms with Gasteiger partial charge in [-0.3, -0.25) is 4.90 Å². The lowest BCUT2D eigenvalue weighted by Gasteiger charge is -2.34. The minimum Gasteiger partial charge on any atom is -0.297 e. The monoisotopic (exact) mass is 223 g/mol. The Labute approximate surface area is 97.0 Å². The fourth-order valence-electron chi connectivity index (χ4n) is 2.20. The Morgan fingerprint density at radius 1 is 1.20 bits per heavy atom. The van der Waals surface area contributed by atoms with Crippen LogP contribution in [0.25, 0.3) is 0 Å². The van der Waals surface area contributed by atoms with E-state index in [0.717, 1.165) is 25.9 Å². The maximum absolute atomic E-state index is 6.11. The number of benzene rings is 1. The SMILES string of the molecule is CC(c1ccccc1)N1CCC(Cl)CC1. The Bertz CT molecular complexity index is 291. The molecule has 1 aromatic carbocycles. The number of nitrogens with zero attached hydrogens (tertiary/aromatic N) is 1. The third-order valence-corrected chi connectivity index (χ3v) is 3.73. The summed E-state index contributed by atoms with van der Waals surface area (Å²) in [6.07, 6.45) is 2.25. The molecule has 1 aliphatic heterocycles. The standard InChI is InChI=1S/C13H18ClN/c1-11(12-5-3-2-4-6-12)15-9-7-13(14)8-10-15/h2-6,11,13H,7-10H2,1H3.